The summed E-state index contributed by atoms with van der Waals surface area (Å²) in [4.78, 5) is 3.86. The Morgan fingerprint density at radius 1 is 1.39 bits per heavy atom. The van der Waals surface area contributed by atoms with Crippen molar-refractivity contribution in [2.45, 2.75) is 13.5 Å². The molecular weight excluding hydrogens is 474 g/mol. The number of benzene rings is 1. The van der Waals surface area contributed by atoms with Crippen LogP contribution in [0.1, 0.15) is 18.1 Å². The van der Waals surface area contributed by atoms with Crippen LogP contribution in [0.25, 0.3) is 0 Å². The lowest BCUT2D eigenvalue weighted by Gasteiger charge is -2.14. The molecule has 0 radical (unpaired) electrons. The second-order valence-electron chi connectivity index (χ2n) is 4.54. The van der Waals surface area contributed by atoms with E-state index >= 15 is 0 Å². The zero-order chi connectivity index (χ0) is 17.0. The van der Waals surface area contributed by atoms with Crippen molar-refractivity contribution in [2.24, 2.45) is 0 Å². The number of aromatic nitrogens is 1. The van der Waals surface area contributed by atoms with Crippen molar-refractivity contribution in [1.82, 2.24) is 4.98 Å². The first-order valence-electron chi connectivity index (χ1n) is 6.35. The molecule has 2 N–H and O–H groups in total. The summed E-state index contributed by atoms with van der Waals surface area (Å²) in [6.45, 7) is 1.64. The van der Waals surface area contributed by atoms with E-state index < -0.39 is 5.82 Å². The predicted octanol–water partition coefficient (Wildman–Crippen LogP) is 5.85. The maximum absolute atomic E-state index is 14.2. The lowest BCUT2D eigenvalue weighted by atomic mass is 10.1. The van der Waals surface area contributed by atoms with Crippen LogP contribution < -0.4 is 9.82 Å². The van der Waals surface area contributed by atoms with Crippen molar-refractivity contribution >= 4 is 63.0 Å². The second-order valence-corrected chi connectivity index (χ2v) is 7.41. The van der Waals surface area contributed by atoms with Gasteiger partial charge in [0.25, 0.3) is 0 Å². The van der Waals surface area contributed by atoms with Gasteiger partial charge in [-0.3, -0.25) is 4.98 Å². The minimum absolute atomic E-state index is 0.00834. The van der Waals surface area contributed by atoms with Crippen molar-refractivity contribution in [2.75, 3.05) is 5.09 Å². The molecule has 0 aliphatic heterocycles. The summed E-state index contributed by atoms with van der Waals surface area (Å²) in [6, 6.07) is 2.82. The fourth-order valence-electron chi connectivity index (χ4n) is 1.85. The fraction of sp³-hybridized carbons (Fsp3) is 0.143. The highest BCUT2D eigenvalue weighted by molar-refractivity contribution is 14.2. The maximum atomic E-state index is 14.2. The van der Waals surface area contributed by atoms with E-state index in [1.165, 1.54) is 24.5 Å². The van der Waals surface area contributed by atoms with Gasteiger partial charge in [-0.05, 0) is 35.0 Å². The molecule has 23 heavy (non-hydrogen) atoms. The first-order valence-corrected chi connectivity index (χ1v) is 11.2. The van der Waals surface area contributed by atoms with E-state index in [0.717, 1.165) is 0 Å². The largest absolute Gasteiger partial charge is 0.486 e. The molecule has 1 aromatic carbocycles. The molecule has 122 valence electrons. The first-order chi connectivity index (χ1) is 10.9. The molecular formula is C14H12Cl2FIN3OP. The van der Waals surface area contributed by atoms with E-state index in [1.54, 1.807) is 6.92 Å². The van der Waals surface area contributed by atoms with Gasteiger partial charge in [0.05, 0.1) is 10.0 Å². The van der Waals surface area contributed by atoms with E-state index in [-0.39, 0.29) is 12.4 Å². The molecule has 0 fully saturated rings. The van der Waals surface area contributed by atoms with E-state index in [1.807, 2.05) is 0 Å². The zero-order valence-corrected chi connectivity index (χ0v) is 16.6. The van der Waals surface area contributed by atoms with Crippen molar-refractivity contribution in [3.63, 3.8) is 0 Å². The monoisotopic (exact) mass is 485 g/mol. The molecule has 1 atom stereocenters. The molecule has 0 amide bonds. The van der Waals surface area contributed by atoms with Gasteiger partial charge in [0.2, 0.25) is 0 Å². The van der Waals surface area contributed by atoms with E-state index in [0.29, 0.717) is 38.9 Å². The molecule has 0 aliphatic rings. The van der Waals surface area contributed by atoms with Crippen LogP contribution >= 0.6 is 51.6 Å². The summed E-state index contributed by atoms with van der Waals surface area (Å²) in [7, 11) is 0. The van der Waals surface area contributed by atoms with Crippen LogP contribution in [0.3, 0.4) is 0 Å². The first kappa shape index (κ1) is 18.6. The summed E-state index contributed by atoms with van der Waals surface area (Å²) in [5.74, 6) is -0.480. The number of rotatable bonds is 6. The van der Waals surface area contributed by atoms with E-state index in [9.17, 15) is 4.39 Å². The average molecular weight is 486 g/mol. The molecule has 0 saturated carbocycles. The van der Waals surface area contributed by atoms with Crippen molar-refractivity contribution in [1.29, 1.82) is 5.41 Å². The third kappa shape index (κ3) is 4.66. The Bertz CT molecular complexity index is 728. The SMILES string of the molecule is CC(=N)c1cc(OCc2c(Cl)cncc2Cl)c(F)cc1NPI. The molecule has 1 aromatic heterocycles. The van der Waals surface area contributed by atoms with Gasteiger partial charge in [0.15, 0.2) is 11.6 Å². The molecule has 9 heteroatoms. The van der Waals surface area contributed by atoms with Gasteiger partial charge in [0, 0.05) is 47.4 Å². The molecule has 2 aromatic rings. The summed E-state index contributed by atoms with van der Waals surface area (Å²) in [5.41, 5.74) is 1.99. The quantitative estimate of drug-likeness (QED) is 0.306. The average Bonchev–Trinajstić information content (AvgIpc) is 2.48. The minimum Gasteiger partial charge on any atom is -0.486 e. The van der Waals surface area contributed by atoms with Gasteiger partial charge in [-0.2, -0.15) is 0 Å². The number of ether oxygens (including phenoxy) is 1. The fourth-order valence-corrected chi connectivity index (χ4v) is 3.51. The van der Waals surface area contributed by atoms with Crippen LogP contribution in [0.2, 0.25) is 10.0 Å². The highest BCUT2D eigenvalue weighted by Crippen LogP contribution is 2.33. The van der Waals surface area contributed by atoms with E-state index in [4.69, 9.17) is 33.3 Å². The maximum Gasteiger partial charge on any atom is 0.167 e. The number of pyridine rings is 1. The van der Waals surface area contributed by atoms with Gasteiger partial charge < -0.3 is 15.2 Å². The lowest BCUT2D eigenvalue weighted by molar-refractivity contribution is 0.290. The third-order valence-corrected chi connectivity index (χ3v) is 4.81. The van der Waals surface area contributed by atoms with Crippen LogP contribution in [0.5, 0.6) is 5.75 Å². The number of halogens is 4. The Hall–Kier alpha value is -0.690. The van der Waals surface area contributed by atoms with Gasteiger partial charge >= 0.3 is 0 Å². The Morgan fingerprint density at radius 3 is 2.61 bits per heavy atom. The Kier molecular flexibility index (Phi) is 6.83. The molecule has 1 heterocycles. The van der Waals surface area contributed by atoms with Crippen LogP contribution in [-0.2, 0) is 6.61 Å². The van der Waals surface area contributed by atoms with Crippen molar-refractivity contribution < 1.29 is 9.13 Å². The summed E-state index contributed by atoms with van der Waals surface area (Å²) < 4.78 is 19.7. The highest BCUT2D eigenvalue weighted by atomic mass is 127. The van der Waals surface area contributed by atoms with Gasteiger partial charge in [-0.15, -0.1) is 0 Å². The number of anilines is 1. The van der Waals surface area contributed by atoms with Crippen LogP contribution in [0.15, 0.2) is 24.5 Å². The van der Waals surface area contributed by atoms with Crippen LogP contribution in [0.4, 0.5) is 10.1 Å². The van der Waals surface area contributed by atoms with Gasteiger partial charge in [0.1, 0.15) is 6.61 Å². The van der Waals surface area contributed by atoms with Crippen LogP contribution in [-0.4, -0.2) is 10.7 Å². The normalized spacial score (nSPS) is 11.0. The zero-order valence-electron chi connectivity index (χ0n) is 11.9. The number of nitrogens with one attached hydrogen (secondary N) is 2. The molecule has 4 nitrogen and oxygen atoms in total. The third-order valence-electron chi connectivity index (χ3n) is 2.98. The minimum atomic E-state index is -0.520. The number of hydrogen-bond acceptors (Lipinski definition) is 4. The summed E-state index contributed by atoms with van der Waals surface area (Å²) in [5, 5.41) is 11.6. The molecule has 1 unspecified atom stereocenters. The Balaban J connectivity index is 2.30. The van der Waals surface area contributed by atoms with Crippen LogP contribution in [0, 0.1) is 11.2 Å². The Morgan fingerprint density at radius 2 is 2.04 bits per heavy atom. The van der Waals surface area contributed by atoms with Crippen molar-refractivity contribution in [3.05, 3.63) is 51.5 Å². The molecule has 0 spiro atoms. The highest BCUT2D eigenvalue weighted by Gasteiger charge is 2.14. The lowest BCUT2D eigenvalue weighted by Crippen LogP contribution is -2.04. The molecule has 0 aliphatic carbocycles. The van der Waals surface area contributed by atoms with Gasteiger partial charge in [-0.1, -0.05) is 23.2 Å². The number of nitrogens with zero attached hydrogens (tertiary/aromatic N) is 1. The number of hydrogen-bond donors (Lipinski definition) is 2. The van der Waals surface area contributed by atoms with Gasteiger partial charge in [-0.25, -0.2) is 4.39 Å². The topological polar surface area (TPSA) is 58.0 Å². The molecule has 0 saturated heterocycles. The van der Waals surface area contributed by atoms with Crippen molar-refractivity contribution in [3.8, 4) is 5.75 Å². The second kappa shape index (κ2) is 8.42. The predicted molar refractivity (Wildman–Crippen MR) is 103 cm³/mol. The molecule has 2 rings (SSSR count). The van der Waals surface area contributed by atoms with E-state index in [2.05, 4.69) is 32.1 Å². The summed E-state index contributed by atoms with van der Waals surface area (Å²) >= 11 is 14.2. The Labute approximate surface area is 158 Å². The molecule has 0 bridgehead atoms. The smallest absolute Gasteiger partial charge is 0.167 e. The summed E-state index contributed by atoms with van der Waals surface area (Å²) in [6.07, 6.45) is 3.26. The standard InChI is InChI=1S/C14H12Cl2FIN3OP/c1-7(19)8-2-14(12(17)3-13(8)21-23-18)22-6-9-10(15)4-20-5-11(9)16/h2-5,19,21,23H,6H2,1H3.